The van der Waals surface area contributed by atoms with Crippen molar-refractivity contribution in [3.05, 3.63) is 75.8 Å². The summed E-state index contributed by atoms with van der Waals surface area (Å²) in [5.41, 5.74) is 0.894. The Kier molecular flexibility index (Phi) is 7.77. The first-order valence-corrected chi connectivity index (χ1v) is 10.4. The first kappa shape index (κ1) is 24.9. The number of aromatic carboxylic acids is 1. The molecule has 176 valence electrons. The lowest BCUT2D eigenvalue weighted by atomic mass is 10.1. The van der Waals surface area contributed by atoms with E-state index in [1.165, 1.54) is 50.6 Å². The van der Waals surface area contributed by atoms with Crippen molar-refractivity contribution in [3.63, 3.8) is 0 Å². The number of methoxy groups -OCH3 is 2. The lowest BCUT2D eigenvalue weighted by Crippen LogP contribution is -2.17. The van der Waals surface area contributed by atoms with Gasteiger partial charge < -0.3 is 24.6 Å². The molecule has 0 aliphatic heterocycles. The Morgan fingerprint density at radius 2 is 1.57 bits per heavy atom. The van der Waals surface area contributed by atoms with Gasteiger partial charge in [-0.1, -0.05) is 17.7 Å². The fourth-order valence-corrected chi connectivity index (χ4v) is 3.35. The maximum atomic E-state index is 12.7. The van der Waals surface area contributed by atoms with Crippen LogP contribution in [-0.2, 0) is 11.2 Å². The molecule has 0 saturated heterocycles. The smallest absolute Gasteiger partial charge is 0.337 e. The number of nitrogens with zero attached hydrogens (tertiary/aromatic N) is 2. The lowest BCUT2D eigenvalue weighted by Gasteiger charge is -2.14. The van der Waals surface area contributed by atoms with E-state index in [0.29, 0.717) is 5.56 Å². The van der Waals surface area contributed by atoms with Gasteiger partial charge in [0.2, 0.25) is 5.91 Å². The van der Waals surface area contributed by atoms with Crippen molar-refractivity contribution in [2.45, 2.75) is 6.42 Å². The van der Waals surface area contributed by atoms with E-state index in [2.05, 4.69) is 5.32 Å². The molecule has 0 fully saturated rings. The van der Waals surface area contributed by atoms with Crippen molar-refractivity contribution < 1.29 is 28.9 Å². The molecular formula is C25H18ClN3O6. The SMILES string of the molecule is COc1cc(NC(=O)Cc2ccc(Cl)c(Oc3cc(C#N)cc(C#N)c3)c2)c(C(=O)O)cc1OC. The number of carboxylic acid groups (broad SMARTS) is 1. The number of nitrogens with one attached hydrogen (secondary N) is 1. The van der Waals surface area contributed by atoms with Crippen LogP contribution in [0.3, 0.4) is 0 Å². The summed E-state index contributed by atoms with van der Waals surface area (Å²) in [7, 11) is 2.77. The Bertz CT molecular complexity index is 1360. The highest BCUT2D eigenvalue weighted by Crippen LogP contribution is 2.34. The summed E-state index contributed by atoms with van der Waals surface area (Å²) in [6, 6.07) is 15.6. The minimum absolute atomic E-state index is 0.0444. The average Bonchev–Trinajstić information content (AvgIpc) is 2.85. The molecule has 3 aromatic carbocycles. The zero-order chi connectivity index (χ0) is 25.5. The number of hydrogen-bond acceptors (Lipinski definition) is 7. The Balaban J connectivity index is 1.83. The van der Waals surface area contributed by atoms with Crippen LogP contribution in [0, 0.1) is 22.7 Å². The first-order chi connectivity index (χ1) is 16.8. The molecule has 9 nitrogen and oxygen atoms in total. The van der Waals surface area contributed by atoms with Gasteiger partial charge in [0.25, 0.3) is 0 Å². The summed E-state index contributed by atoms with van der Waals surface area (Å²) in [4.78, 5) is 24.4. The molecule has 1 amide bonds. The number of carbonyl (C=O) groups excluding carboxylic acids is 1. The molecule has 0 heterocycles. The Labute approximate surface area is 205 Å². The Hall–Kier alpha value is -4.73. The lowest BCUT2D eigenvalue weighted by molar-refractivity contribution is -0.115. The number of carbonyl (C=O) groups is 2. The van der Waals surface area contributed by atoms with Gasteiger partial charge in [0, 0.05) is 12.1 Å². The van der Waals surface area contributed by atoms with Crippen LogP contribution in [-0.4, -0.2) is 31.2 Å². The summed E-state index contributed by atoms with van der Waals surface area (Å²) in [6.45, 7) is 0. The highest BCUT2D eigenvalue weighted by atomic mass is 35.5. The maximum Gasteiger partial charge on any atom is 0.337 e. The van der Waals surface area contributed by atoms with E-state index in [1.54, 1.807) is 12.1 Å². The molecule has 3 rings (SSSR count). The van der Waals surface area contributed by atoms with Crippen molar-refractivity contribution in [1.29, 1.82) is 10.5 Å². The average molecular weight is 492 g/mol. The van der Waals surface area contributed by atoms with E-state index in [0.717, 1.165) is 0 Å². The second-order valence-corrected chi connectivity index (χ2v) is 7.53. The molecule has 0 bridgehead atoms. The first-order valence-electron chi connectivity index (χ1n) is 9.98. The molecule has 0 radical (unpaired) electrons. The van der Waals surface area contributed by atoms with Crippen LogP contribution in [0.15, 0.2) is 48.5 Å². The number of hydrogen-bond donors (Lipinski definition) is 2. The van der Waals surface area contributed by atoms with Crippen LogP contribution in [0.1, 0.15) is 27.0 Å². The fourth-order valence-electron chi connectivity index (χ4n) is 3.19. The van der Waals surface area contributed by atoms with E-state index in [9.17, 15) is 14.7 Å². The van der Waals surface area contributed by atoms with Crippen LogP contribution >= 0.6 is 11.6 Å². The molecule has 0 aliphatic rings. The van der Waals surface area contributed by atoms with Crippen molar-refractivity contribution in [1.82, 2.24) is 0 Å². The van der Waals surface area contributed by atoms with Crippen molar-refractivity contribution in [2.75, 3.05) is 19.5 Å². The maximum absolute atomic E-state index is 12.7. The summed E-state index contributed by atoms with van der Waals surface area (Å²) in [6.07, 6.45) is -0.122. The van der Waals surface area contributed by atoms with Gasteiger partial charge in [-0.25, -0.2) is 4.79 Å². The third-order valence-electron chi connectivity index (χ3n) is 4.78. The Morgan fingerprint density at radius 1 is 0.943 bits per heavy atom. The number of amides is 1. The molecule has 3 aromatic rings. The third kappa shape index (κ3) is 5.99. The van der Waals surface area contributed by atoms with Crippen LogP contribution in [0.25, 0.3) is 0 Å². The number of rotatable bonds is 8. The number of halogens is 1. The molecular weight excluding hydrogens is 474 g/mol. The standard InChI is InChI=1S/C25H18ClN3O6/c1-33-22-10-18(25(31)32)20(11-23(22)34-2)29-24(30)9-14-3-4-19(26)21(8-14)35-17-6-15(12-27)5-16(7-17)13-28/h3-8,10-11H,9H2,1-2H3,(H,29,30)(H,31,32). The highest BCUT2D eigenvalue weighted by molar-refractivity contribution is 6.32. The van der Waals surface area contributed by atoms with Gasteiger partial charge in [-0.05, 0) is 35.9 Å². The summed E-state index contributed by atoms with van der Waals surface area (Å²) in [5, 5.41) is 30.6. The summed E-state index contributed by atoms with van der Waals surface area (Å²) < 4.78 is 16.1. The van der Waals surface area contributed by atoms with Gasteiger partial charge in [0.05, 0.1) is 60.2 Å². The molecule has 0 atom stereocenters. The van der Waals surface area contributed by atoms with Crippen molar-refractivity contribution in [3.8, 4) is 35.1 Å². The summed E-state index contributed by atoms with van der Waals surface area (Å²) >= 11 is 6.23. The molecule has 2 N–H and O–H groups in total. The van der Waals surface area contributed by atoms with Crippen LogP contribution in [0.4, 0.5) is 5.69 Å². The number of nitriles is 2. The third-order valence-corrected chi connectivity index (χ3v) is 5.09. The Morgan fingerprint density at radius 3 is 2.14 bits per heavy atom. The molecule has 0 aromatic heterocycles. The van der Waals surface area contributed by atoms with Gasteiger partial charge in [-0.15, -0.1) is 0 Å². The van der Waals surface area contributed by atoms with Crippen molar-refractivity contribution in [2.24, 2.45) is 0 Å². The quantitative estimate of drug-likeness (QED) is 0.458. The number of carboxylic acids is 1. The molecule has 0 spiro atoms. The van der Waals surface area contributed by atoms with Crippen LogP contribution in [0.5, 0.6) is 23.0 Å². The van der Waals surface area contributed by atoms with E-state index >= 15 is 0 Å². The molecule has 0 unspecified atom stereocenters. The topological polar surface area (TPSA) is 142 Å². The van der Waals surface area contributed by atoms with Gasteiger partial charge in [0.15, 0.2) is 11.5 Å². The van der Waals surface area contributed by atoms with Crippen molar-refractivity contribution >= 4 is 29.2 Å². The number of anilines is 1. The molecule has 0 saturated carbocycles. The number of benzene rings is 3. The number of ether oxygens (including phenoxy) is 3. The molecule has 35 heavy (non-hydrogen) atoms. The highest BCUT2D eigenvalue weighted by Gasteiger charge is 2.18. The predicted molar refractivity (Wildman–Crippen MR) is 126 cm³/mol. The summed E-state index contributed by atoms with van der Waals surface area (Å²) in [5.74, 6) is -0.825. The van der Waals surface area contributed by atoms with Gasteiger partial charge in [-0.2, -0.15) is 10.5 Å². The van der Waals surface area contributed by atoms with Gasteiger partial charge in [0.1, 0.15) is 11.5 Å². The predicted octanol–water partition coefficient (Wildman–Crippen LogP) is 4.77. The minimum atomic E-state index is -1.25. The van der Waals surface area contributed by atoms with E-state index in [4.69, 9.17) is 36.3 Å². The molecule has 10 heteroatoms. The zero-order valence-electron chi connectivity index (χ0n) is 18.6. The minimum Gasteiger partial charge on any atom is -0.493 e. The zero-order valence-corrected chi connectivity index (χ0v) is 19.3. The van der Waals surface area contributed by atoms with Crippen LogP contribution < -0.4 is 19.5 Å². The fraction of sp³-hybridized carbons (Fsp3) is 0.120. The van der Waals surface area contributed by atoms with E-state index in [-0.39, 0.29) is 56.8 Å². The second kappa shape index (κ2) is 10.9. The van der Waals surface area contributed by atoms with Gasteiger partial charge >= 0.3 is 5.97 Å². The second-order valence-electron chi connectivity index (χ2n) is 7.12. The largest absolute Gasteiger partial charge is 0.493 e. The normalized spacial score (nSPS) is 9.97. The molecule has 0 aliphatic carbocycles. The van der Waals surface area contributed by atoms with Crippen LogP contribution in [0.2, 0.25) is 5.02 Å². The van der Waals surface area contributed by atoms with E-state index in [1.807, 2.05) is 12.1 Å². The van der Waals surface area contributed by atoms with E-state index < -0.39 is 11.9 Å². The monoisotopic (exact) mass is 491 g/mol. The van der Waals surface area contributed by atoms with Gasteiger partial charge in [-0.3, -0.25) is 4.79 Å².